The maximum absolute atomic E-state index is 12.9. The minimum absolute atomic E-state index is 0.00288. The van der Waals surface area contributed by atoms with Gasteiger partial charge in [0.25, 0.3) is 7.82 Å². The van der Waals surface area contributed by atoms with Crippen molar-refractivity contribution in [3.8, 4) is 0 Å². The summed E-state index contributed by atoms with van der Waals surface area (Å²) in [5, 5.41) is 13.8. The van der Waals surface area contributed by atoms with Crippen LogP contribution in [0.3, 0.4) is 0 Å². The summed E-state index contributed by atoms with van der Waals surface area (Å²) in [4.78, 5) is 25.4. The van der Waals surface area contributed by atoms with Crippen LogP contribution in [0.1, 0.15) is 219 Å². The molecule has 0 bridgehead atoms. The Morgan fingerprint density at radius 2 is 0.984 bits per heavy atom. The lowest BCUT2D eigenvalue weighted by molar-refractivity contribution is -0.870. The van der Waals surface area contributed by atoms with Gasteiger partial charge in [-0.05, 0) is 57.8 Å². The molecule has 0 aliphatic rings. The van der Waals surface area contributed by atoms with Gasteiger partial charge >= 0.3 is 0 Å². The lowest BCUT2D eigenvalue weighted by atomic mass is 10.0. The van der Waals surface area contributed by atoms with Gasteiger partial charge in [0.1, 0.15) is 13.2 Å². The Hall–Kier alpha value is -1.80. The average Bonchev–Trinajstić information content (AvgIpc) is 3.23. The molecule has 0 rings (SSSR count). The standard InChI is InChI=1S/C53H99N2O6P/c1-6-8-10-12-14-16-18-20-22-23-24-25-26-27-28-29-30-31-33-35-37-39-41-43-45-47-53(57)54-51(50-61-62(58,59)60-49-48-55(3,4)5)52(56)46-44-42-40-38-36-34-32-21-19-17-15-13-11-9-7-2/h8,10,14,16,20,22,24-25,44,46,51-52,56H,6-7,9,11-13,15,17-19,21,23,26-43,45,47-50H2,1-5H3,(H-,54,57,58,59)/b10-8-,16-14-,22-20-,25-24-,46-44+. The molecule has 62 heavy (non-hydrogen) atoms. The molecule has 9 heteroatoms. The number of hydrogen-bond acceptors (Lipinski definition) is 6. The predicted octanol–water partition coefficient (Wildman–Crippen LogP) is 14.3. The molecule has 0 heterocycles. The van der Waals surface area contributed by atoms with Crippen LogP contribution in [0.2, 0.25) is 0 Å². The van der Waals surface area contributed by atoms with E-state index in [1.807, 2.05) is 27.2 Å². The Bertz CT molecular complexity index is 1190. The minimum atomic E-state index is -4.59. The molecule has 0 aromatic rings. The average molecular weight is 891 g/mol. The molecular formula is C53H99N2O6P. The van der Waals surface area contributed by atoms with Crippen molar-refractivity contribution in [1.29, 1.82) is 0 Å². The van der Waals surface area contributed by atoms with Crippen LogP contribution >= 0.6 is 7.82 Å². The fraction of sp³-hybridized carbons (Fsp3) is 0.792. The van der Waals surface area contributed by atoms with E-state index in [4.69, 9.17) is 9.05 Å². The molecule has 0 saturated carbocycles. The number of nitrogens with zero attached hydrogens (tertiary/aromatic N) is 1. The maximum atomic E-state index is 12.9. The first-order valence-corrected chi connectivity index (χ1v) is 27.1. The molecule has 0 radical (unpaired) electrons. The van der Waals surface area contributed by atoms with Crippen molar-refractivity contribution in [3.05, 3.63) is 60.8 Å². The summed E-state index contributed by atoms with van der Waals surface area (Å²) < 4.78 is 23.3. The van der Waals surface area contributed by atoms with Gasteiger partial charge in [-0.25, -0.2) is 0 Å². The number of amides is 1. The van der Waals surface area contributed by atoms with E-state index in [-0.39, 0.29) is 19.1 Å². The van der Waals surface area contributed by atoms with E-state index in [0.717, 1.165) is 64.2 Å². The number of aliphatic hydroxyl groups excluding tert-OH is 1. The van der Waals surface area contributed by atoms with E-state index in [0.29, 0.717) is 17.4 Å². The highest BCUT2D eigenvalue weighted by Crippen LogP contribution is 2.38. The zero-order chi connectivity index (χ0) is 45.7. The fourth-order valence-electron chi connectivity index (χ4n) is 7.20. The summed E-state index contributed by atoms with van der Waals surface area (Å²) >= 11 is 0. The third kappa shape index (κ3) is 46.2. The highest BCUT2D eigenvalue weighted by Gasteiger charge is 2.23. The van der Waals surface area contributed by atoms with Gasteiger partial charge in [0.05, 0.1) is 39.9 Å². The summed E-state index contributed by atoms with van der Waals surface area (Å²) in [6.07, 6.45) is 58.4. The van der Waals surface area contributed by atoms with E-state index in [2.05, 4.69) is 67.8 Å². The fourth-order valence-corrected chi connectivity index (χ4v) is 7.93. The number of nitrogens with one attached hydrogen (secondary N) is 1. The molecule has 0 aliphatic carbocycles. The van der Waals surface area contributed by atoms with Crippen LogP contribution in [0.25, 0.3) is 0 Å². The van der Waals surface area contributed by atoms with Crippen LogP contribution < -0.4 is 10.2 Å². The van der Waals surface area contributed by atoms with Crippen LogP contribution in [-0.2, 0) is 18.4 Å². The number of unbranched alkanes of at least 4 members (excludes halogenated alkanes) is 25. The van der Waals surface area contributed by atoms with E-state index in [1.54, 1.807) is 6.08 Å². The van der Waals surface area contributed by atoms with E-state index in [9.17, 15) is 19.4 Å². The molecule has 0 fully saturated rings. The Morgan fingerprint density at radius 1 is 0.581 bits per heavy atom. The van der Waals surface area contributed by atoms with Crippen LogP contribution in [0, 0.1) is 0 Å². The largest absolute Gasteiger partial charge is 0.756 e. The minimum Gasteiger partial charge on any atom is -0.756 e. The molecule has 3 unspecified atom stereocenters. The van der Waals surface area contributed by atoms with Crippen LogP contribution in [0.15, 0.2) is 60.8 Å². The normalized spacial score (nSPS) is 14.6. The molecule has 0 saturated heterocycles. The molecule has 0 aliphatic heterocycles. The number of likely N-dealkylation sites (N-methyl/N-ethyl adjacent to an activating group) is 1. The quantitative estimate of drug-likeness (QED) is 0.0273. The van der Waals surface area contributed by atoms with Gasteiger partial charge in [0, 0.05) is 6.42 Å². The number of rotatable bonds is 46. The van der Waals surface area contributed by atoms with Gasteiger partial charge in [0.2, 0.25) is 5.91 Å². The lowest BCUT2D eigenvalue weighted by Crippen LogP contribution is -2.45. The summed E-state index contributed by atoms with van der Waals surface area (Å²) in [6.45, 7) is 4.54. The molecule has 0 spiro atoms. The first-order chi connectivity index (χ1) is 30.0. The van der Waals surface area contributed by atoms with Crippen molar-refractivity contribution in [2.45, 2.75) is 231 Å². The zero-order valence-corrected chi connectivity index (χ0v) is 42.0. The number of carbonyl (C=O) groups is 1. The number of allylic oxidation sites excluding steroid dienone is 9. The van der Waals surface area contributed by atoms with Gasteiger partial charge in [-0.2, -0.15) is 0 Å². The number of phosphoric ester groups is 1. The Morgan fingerprint density at radius 3 is 1.44 bits per heavy atom. The third-order valence-electron chi connectivity index (χ3n) is 11.2. The van der Waals surface area contributed by atoms with Crippen molar-refractivity contribution >= 4 is 13.7 Å². The lowest BCUT2D eigenvalue weighted by Gasteiger charge is -2.29. The first kappa shape index (κ1) is 60.2. The zero-order valence-electron chi connectivity index (χ0n) is 41.1. The topological polar surface area (TPSA) is 108 Å². The first-order valence-electron chi connectivity index (χ1n) is 25.7. The maximum Gasteiger partial charge on any atom is 0.268 e. The number of aliphatic hydroxyl groups is 1. The molecule has 8 nitrogen and oxygen atoms in total. The Labute approximate surface area is 383 Å². The summed E-state index contributed by atoms with van der Waals surface area (Å²) in [5.74, 6) is -0.201. The molecule has 0 aromatic carbocycles. The van der Waals surface area contributed by atoms with Gasteiger partial charge in [-0.15, -0.1) is 0 Å². The third-order valence-corrected chi connectivity index (χ3v) is 12.2. The highest BCUT2D eigenvalue weighted by atomic mass is 31.2. The second kappa shape index (κ2) is 44.4. The van der Waals surface area contributed by atoms with Gasteiger partial charge in [0.15, 0.2) is 0 Å². The van der Waals surface area contributed by atoms with Gasteiger partial charge < -0.3 is 28.8 Å². The summed E-state index contributed by atoms with van der Waals surface area (Å²) in [6, 6.07) is -0.889. The van der Waals surface area contributed by atoms with Crippen molar-refractivity contribution in [2.75, 3.05) is 40.9 Å². The summed E-state index contributed by atoms with van der Waals surface area (Å²) in [7, 11) is 1.26. The molecule has 1 amide bonds. The van der Waals surface area contributed by atoms with Crippen molar-refractivity contribution < 1.29 is 32.9 Å². The Kier molecular flexibility index (Phi) is 43.1. The second-order valence-corrected chi connectivity index (χ2v) is 19.9. The SMILES string of the molecule is CC/C=C\C/C=C\C/C=C\C/C=C\CCCCCCCCCCCCCCC(=O)NC(COP(=O)([O-])OCC[N+](C)(C)C)C(O)/C=C/CCCCCCCCCCCCCCC. The number of quaternary nitrogens is 1. The smallest absolute Gasteiger partial charge is 0.268 e. The van der Waals surface area contributed by atoms with E-state index < -0.39 is 20.0 Å². The van der Waals surface area contributed by atoms with Gasteiger partial charge in [-0.3, -0.25) is 9.36 Å². The van der Waals surface area contributed by atoms with Crippen molar-refractivity contribution in [2.24, 2.45) is 0 Å². The summed E-state index contributed by atoms with van der Waals surface area (Å²) in [5.41, 5.74) is 0. The second-order valence-electron chi connectivity index (χ2n) is 18.5. The molecule has 2 N–H and O–H groups in total. The molecule has 3 atom stereocenters. The van der Waals surface area contributed by atoms with Crippen LogP contribution in [0.5, 0.6) is 0 Å². The van der Waals surface area contributed by atoms with E-state index in [1.165, 1.54) is 135 Å². The monoisotopic (exact) mass is 891 g/mol. The Balaban J connectivity index is 4.25. The highest BCUT2D eigenvalue weighted by molar-refractivity contribution is 7.45. The van der Waals surface area contributed by atoms with Crippen molar-refractivity contribution in [3.63, 3.8) is 0 Å². The van der Waals surface area contributed by atoms with Gasteiger partial charge in [-0.1, -0.05) is 216 Å². The predicted molar refractivity (Wildman–Crippen MR) is 265 cm³/mol. The number of hydrogen-bond donors (Lipinski definition) is 2. The van der Waals surface area contributed by atoms with E-state index >= 15 is 0 Å². The molecule has 0 aromatic heterocycles. The number of carbonyl (C=O) groups excluding carboxylic acids is 1. The number of phosphoric acid groups is 1. The molecule has 362 valence electrons. The van der Waals surface area contributed by atoms with Crippen LogP contribution in [0.4, 0.5) is 0 Å². The van der Waals surface area contributed by atoms with Crippen molar-refractivity contribution in [1.82, 2.24) is 5.32 Å². The van der Waals surface area contributed by atoms with Crippen LogP contribution in [-0.4, -0.2) is 68.5 Å². The molecular weight excluding hydrogens is 792 g/mol.